The first-order valence-corrected chi connectivity index (χ1v) is 10.2. The van der Waals surface area contributed by atoms with E-state index in [1.807, 2.05) is 26.1 Å². The number of alkyl halides is 3. The minimum Gasteiger partial charge on any atom is -0.508 e. The van der Waals surface area contributed by atoms with Crippen LogP contribution in [0.25, 0.3) is 0 Å². The molecule has 1 aromatic heterocycles. The Kier molecular flexibility index (Phi) is 5.18. The average molecular weight is 421 g/mol. The van der Waals surface area contributed by atoms with Crippen LogP contribution in [0, 0.1) is 6.92 Å². The Hall–Kier alpha value is -2.32. The molecule has 1 spiro atoms. The molecule has 1 N–H and O–H groups in total. The standard InChI is InChI=1S/C22H26F3N3O2/c1-15-16(4-3-5-18(15)29)14-27-10-8-21(9-11-27)19-7-6-17(20(30)22(23,24)25)28(19)13-12-26(21)2/h3-7,29H,8-14H2,1-2H3. The fourth-order valence-corrected chi connectivity index (χ4v) is 4.92. The number of phenols is 1. The Morgan fingerprint density at radius 2 is 1.80 bits per heavy atom. The van der Waals surface area contributed by atoms with Crippen LogP contribution in [0.15, 0.2) is 30.3 Å². The highest BCUT2D eigenvalue weighted by molar-refractivity contribution is 5.99. The number of aromatic hydroxyl groups is 1. The van der Waals surface area contributed by atoms with Crippen molar-refractivity contribution in [1.82, 2.24) is 14.4 Å². The van der Waals surface area contributed by atoms with Gasteiger partial charge in [0.05, 0.1) is 11.2 Å². The largest absolute Gasteiger partial charge is 0.508 e. The molecule has 30 heavy (non-hydrogen) atoms. The third kappa shape index (κ3) is 3.41. The molecule has 2 aliphatic heterocycles. The topological polar surface area (TPSA) is 48.7 Å². The summed E-state index contributed by atoms with van der Waals surface area (Å²) in [5, 5.41) is 9.94. The maximum absolute atomic E-state index is 13.0. The molecular formula is C22H26F3N3O2. The molecule has 0 atom stereocenters. The monoisotopic (exact) mass is 421 g/mol. The van der Waals surface area contributed by atoms with Crippen molar-refractivity contribution in [3.63, 3.8) is 0 Å². The van der Waals surface area contributed by atoms with Crippen molar-refractivity contribution in [2.75, 3.05) is 26.7 Å². The second-order valence-electron chi connectivity index (χ2n) is 8.37. The van der Waals surface area contributed by atoms with Crippen LogP contribution >= 0.6 is 0 Å². The minimum atomic E-state index is -4.87. The Morgan fingerprint density at radius 3 is 2.47 bits per heavy atom. The van der Waals surface area contributed by atoms with Crippen molar-refractivity contribution in [3.8, 4) is 5.75 Å². The van der Waals surface area contributed by atoms with Gasteiger partial charge < -0.3 is 9.67 Å². The molecule has 0 bridgehead atoms. The van der Waals surface area contributed by atoms with Crippen LogP contribution in [0.5, 0.6) is 5.75 Å². The Bertz CT molecular complexity index is 959. The summed E-state index contributed by atoms with van der Waals surface area (Å²) in [6, 6.07) is 8.55. The highest BCUT2D eigenvalue weighted by atomic mass is 19.4. The number of nitrogens with zero attached hydrogens (tertiary/aromatic N) is 3. The number of hydrogen-bond acceptors (Lipinski definition) is 4. The van der Waals surface area contributed by atoms with E-state index in [4.69, 9.17) is 0 Å². The number of likely N-dealkylation sites (tertiary alicyclic amines) is 1. The molecule has 0 amide bonds. The molecule has 3 heterocycles. The summed E-state index contributed by atoms with van der Waals surface area (Å²) < 4.78 is 40.6. The lowest BCUT2D eigenvalue weighted by Gasteiger charge is -2.50. The summed E-state index contributed by atoms with van der Waals surface area (Å²) >= 11 is 0. The van der Waals surface area contributed by atoms with E-state index in [-0.39, 0.29) is 17.0 Å². The van der Waals surface area contributed by atoms with Gasteiger partial charge in [0.1, 0.15) is 5.75 Å². The Balaban J connectivity index is 1.56. The number of halogens is 3. The summed E-state index contributed by atoms with van der Waals surface area (Å²) in [5.74, 6) is -1.49. The molecule has 162 valence electrons. The SMILES string of the molecule is Cc1c(O)cccc1CN1CCC2(CC1)c1ccc(C(=O)C(F)(F)F)n1CCN2C. The van der Waals surface area contributed by atoms with Crippen molar-refractivity contribution >= 4 is 5.78 Å². The molecule has 2 aromatic rings. The fraction of sp³-hybridized carbons (Fsp3) is 0.500. The average Bonchev–Trinajstić information content (AvgIpc) is 3.13. The number of rotatable bonds is 3. The van der Waals surface area contributed by atoms with Gasteiger partial charge in [0.2, 0.25) is 0 Å². The first kappa shape index (κ1) is 20.9. The van der Waals surface area contributed by atoms with Gasteiger partial charge in [0.25, 0.3) is 5.78 Å². The zero-order valence-corrected chi connectivity index (χ0v) is 17.2. The van der Waals surface area contributed by atoms with Crippen molar-refractivity contribution in [2.45, 2.75) is 44.6 Å². The predicted octanol–water partition coefficient (Wildman–Crippen LogP) is 3.68. The molecule has 0 unspecified atom stereocenters. The van der Waals surface area contributed by atoms with E-state index >= 15 is 0 Å². The molecule has 0 aliphatic carbocycles. The normalized spacial score (nSPS) is 19.8. The molecule has 1 aromatic carbocycles. The van der Waals surface area contributed by atoms with Crippen molar-refractivity contribution in [1.29, 1.82) is 0 Å². The molecule has 8 heteroatoms. The zero-order chi connectivity index (χ0) is 21.7. The third-order valence-electron chi connectivity index (χ3n) is 6.83. The maximum Gasteiger partial charge on any atom is 0.456 e. The van der Waals surface area contributed by atoms with E-state index in [0.29, 0.717) is 13.1 Å². The quantitative estimate of drug-likeness (QED) is 0.769. The van der Waals surface area contributed by atoms with Gasteiger partial charge in [-0.25, -0.2) is 0 Å². The number of ketones is 1. The number of benzene rings is 1. The lowest BCUT2D eigenvalue weighted by molar-refractivity contribution is -0.0892. The van der Waals surface area contributed by atoms with Gasteiger partial charge in [-0.1, -0.05) is 12.1 Å². The van der Waals surface area contributed by atoms with E-state index in [9.17, 15) is 23.1 Å². The predicted molar refractivity (Wildman–Crippen MR) is 106 cm³/mol. The minimum absolute atomic E-state index is 0.261. The highest BCUT2D eigenvalue weighted by Gasteiger charge is 2.47. The third-order valence-corrected chi connectivity index (χ3v) is 6.83. The maximum atomic E-state index is 13.0. The molecule has 1 saturated heterocycles. The fourth-order valence-electron chi connectivity index (χ4n) is 4.92. The number of piperidine rings is 1. The summed E-state index contributed by atoms with van der Waals surface area (Å²) in [7, 11) is 2.01. The van der Waals surface area contributed by atoms with E-state index in [1.54, 1.807) is 16.7 Å². The van der Waals surface area contributed by atoms with E-state index in [1.165, 1.54) is 6.07 Å². The van der Waals surface area contributed by atoms with E-state index in [2.05, 4.69) is 9.80 Å². The first-order chi connectivity index (χ1) is 14.1. The summed E-state index contributed by atoms with van der Waals surface area (Å²) in [6.45, 7) is 5.17. The van der Waals surface area contributed by atoms with Gasteiger partial charge in [-0.2, -0.15) is 13.2 Å². The molecule has 0 saturated carbocycles. The van der Waals surface area contributed by atoms with Crippen molar-refractivity contribution in [2.24, 2.45) is 0 Å². The molecule has 2 aliphatic rings. The van der Waals surface area contributed by atoms with Crippen molar-refractivity contribution < 1.29 is 23.1 Å². The van der Waals surface area contributed by atoms with Crippen LogP contribution in [-0.4, -0.2) is 58.1 Å². The zero-order valence-electron chi connectivity index (χ0n) is 17.2. The number of carbonyl (C=O) groups is 1. The van der Waals surface area contributed by atoms with Crippen LogP contribution in [0.2, 0.25) is 0 Å². The van der Waals surface area contributed by atoms with E-state index < -0.39 is 12.0 Å². The molecule has 1 fully saturated rings. The van der Waals surface area contributed by atoms with Gasteiger partial charge in [-0.15, -0.1) is 0 Å². The van der Waals surface area contributed by atoms with Gasteiger partial charge in [0.15, 0.2) is 0 Å². The molecule has 0 radical (unpaired) electrons. The summed E-state index contributed by atoms with van der Waals surface area (Å²) in [6.07, 6.45) is -3.33. The van der Waals surface area contributed by atoms with Gasteiger partial charge in [0, 0.05) is 38.4 Å². The number of phenolic OH excluding ortho intramolecular Hbond substituents is 1. The molecule has 5 nitrogen and oxygen atoms in total. The lowest BCUT2D eigenvalue weighted by atomic mass is 9.81. The number of fused-ring (bicyclic) bond motifs is 2. The summed E-state index contributed by atoms with van der Waals surface area (Å²) in [5.41, 5.74) is 2.12. The van der Waals surface area contributed by atoms with Gasteiger partial charge in [-0.05, 0) is 56.1 Å². The van der Waals surface area contributed by atoms with Crippen LogP contribution in [0.4, 0.5) is 13.2 Å². The number of likely N-dealkylation sites (N-methyl/N-ethyl adjacent to an activating group) is 1. The number of hydrogen-bond donors (Lipinski definition) is 1. The van der Waals surface area contributed by atoms with Crippen LogP contribution in [-0.2, 0) is 18.6 Å². The Morgan fingerprint density at radius 1 is 1.10 bits per heavy atom. The van der Waals surface area contributed by atoms with Gasteiger partial charge >= 0.3 is 6.18 Å². The van der Waals surface area contributed by atoms with Crippen molar-refractivity contribution in [3.05, 3.63) is 52.8 Å². The number of Topliss-reactive ketones (excluding diaryl/α,β-unsaturated/α-hetero) is 1. The van der Waals surface area contributed by atoms with Crippen LogP contribution in [0.1, 0.15) is 40.2 Å². The van der Waals surface area contributed by atoms with E-state index in [0.717, 1.165) is 49.3 Å². The van der Waals surface area contributed by atoms with Crippen LogP contribution in [0.3, 0.4) is 0 Å². The first-order valence-electron chi connectivity index (χ1n) is 10.2. The second-order valence-corrected chi connectivity index (χ2v) is 8.37. The van der Waals surface area contributed by atoms with Crippen LogP contribution < -0.4 is 0 Å². The Labute approximate surface area is 173 Å². The highest BCUT2D eigenvalue weighted by Crippen LogP contribution is 2.42. The molecular weight excluding hydrogens is 395 g/mol. The number of carbonyl (C=O) groups excluding carboxylic acids is 1. The smallest absolute Gasteiger partial charge is 0.456 e. The van der Waals surface area contributed by atoms with Gasteiger partial charge in [-0.3, -0.25) is 14.6 Å². The second kappa shape index (κ2) is 7.42. The number of aromatic nitrogens is 1. The molecule has 4 rings (SSSR count). The summed E-state index contributed by atoms with van der Waals surface area (Å²) in [4.78, 5) is 16.4. The lowest BCUT2D eigenvalue weighted by Crippen LogP contribution is -2.56.